The SMILES string of the molecule is CCC1CCCN(CC2(CC)CCCNC2)CC1. The van der Waals surface area contributed by atoms with Crippen LogP contribution in [0.5, 0.6) is 0 Å². The van der Waals surface area contributed by atoms with E-state index in [2.05, 4.69) is 24.1 Å². The van der Waals surface area contributed by atoms with E-state index in [9.17, 15) is 0 Å². The molecular formula is C16H32N2. The zero-order valence-corrected chi connectivity index (χ0v) is 12.5. The summed E-state index contributed by atoms with van der Waals surface area (Å²) in [5.74, 6) is 0.997. The van der Waals surface area contributed by atoms with Crippen LogP contribution in [-0.4, -0.2) is 37.6 Å². The second-order valence-electron chi connectivity index (χ2n) is 6.62. The van der Waals surface area contributed by atoms with Crippen molar-refractivity contribution in [1.82, 2.24) is 10.2 Å². The lowest BCUT2D eigenvalue weighted by atomic mass is 9.78. The quantitative estimate of drug-likeness (QED) is 0.826. The van der Waals surface area contributed by atoms with Gasteiger partial charge in [0.05, 0.1) is 0 Å². The summed E-state index contributed by atoms with van der Waals surface area (Å²) in [5.41, 5.74) is 0.574. The predicted molar refractivity (Wildman–Crippen MR) is 78.9 cm³/mol. The third-order valence-corrected chi connectivity index (χ3v) is 5.39. The highest BCUT2D eigenvalue weighted by molar-refractivity contribution is 4.88. The van der Waals surface area contributed by atoms with Crippen molar-refractivity contribution in [2.45, 2.75) is 58.8 Å². The molecule has 2 atom stereocenters. The van der Waals surface area contributed by atoms with Gasteiger partial charge in [-0.25, -0.2) is 0 Å². The summed E-state index contributed by atoms with van der Waals surface area (Å²) in [7, 11) is 0. The molecule has 0 radical (unpaired) electrons. The molecular weight excluding hydrogens is 220 g/mol. The first kappa shape index (κ1) is 14.3. The molecule has 2 heterocycles. The lowest BCUT2D eigenvalue weighted by molar-refractivity contribution is 0.113. The lowest BCUT2D eigenvalue weighted by Crippen LogP contribution is -2.47. The summed E-state index contributed by atoms with van der Waals surface area (Å²) in [4.78, 5) is 2.77. The van der Waals surface area contributed by atoms with Crippen LogP contribution in [-0.2, 0) is 0 Å². The van der Waals surface area contributed by atoms with Gasteiger partial charge >= 0.3 is 0 Å². The van der Waals surface area contributed by atoms with Crippen molar-refractivity contribution in [3.8, 4) is 0 Å². The van der Waals surface area contributed by atoms with E-state index in [0.717, 1.165) is 5.92 Å². The van der Waals surface area contributed by atoms with Crippen molar-refractivity contribution >= 4 is 0 Å². The van der Waals surface area contributed by atoms with E-state index >= 15 is 0 Å². The normalized spacial score (nSPS) is 35.3. The Balaban J connectivity index is 1.87. The number of nitrogens with one attached hydrogen (secondary N) is 1. The molecule has 0 aromatic carbocycles. The monoisotopic (exact) mass is 252 g/mol. The summed E-state index contributed by atoms with van der Waals surface area (Å²) in [6.07, 6.45) is 9.85. The number of rotatable bonds is 4. The zero-order valence-electron chi connectivity index (χ0n) is 12.5. The summed E-state index contributed by atoms with van der Waals surface area (Å²) in [6, 6.07) is 0. The zero-order chi connectivity index (χ0) is 12.8. The standard InChI is InChI=1S/C16H32N2/c1-3-15-7-5-11-18(12-8-15)14-16(4-2)9-6-10-17-13-16/h15,17H,3-14H2,1-2H3. The second-order valence-corrected chi connectivity index (χ2v) is 6.62. The van der Waals surface area contributed by atoms with Crippen LogP contribution in [0.2, 0.25) is 0 Å². The van der Waals surface area contributed by atoms with Crippen LogP contribution in [0.15, 0.2) is 0 Å². The Hall–Kier alpha value is -0.0800. The minimum atomic E-state index is 0.574. The molecule has 18 heavy (non-hydrogen) atoms. The summed E-state index contributed by atoms with van der Waals surface area (Å²) in [6.45, 7) is 11.3. The average Bonchev–Trinajstić information content (AvgIpc) is 2.65. The molecule has 106 valence electrons. The van der Waals surface area contributed by atoms with Gasteiger partial charge in [-0.2, -0.15) is 0 Å². The molecule has 2 aliphatic rings. The Bertz CT molecular complexity index is 233. The Morgan fingerprint density at radius 2 is 2.06 bits per heavy atom. The van der Waals surface area contributed by atoms with Crippen LogP contribution in [0.3, 0.4) is 0 Å². The van der Waals surface area contributed by atoms with Gasteiger partial charge in [0.2, 0.25) is 0 Å². The van der Waals surface area contributed by atoms with Crippen molar-refractivity contribution in [3.05, 3.63) is 0 Å². The van der Waals surface area contributed by atoms with Gasteiger partial charge in [-0.3, -0.25) is 0 Å². The highest BCUT2D eigenvalue weighted by atomic mass is 15.1. The van der Waals surface area contributed by atoms with E-state index in [1.165, 1.54) is 77.7 Å². The van der Waals surface area contributed by atoms with Gasteiger partial charge in [0, 0.05) is 13.1 Å². The molecule has 2 heteroatoms. The number of likely N-dealkylation sites (tertiary alicyclic amines) is 1. The predicted octanol–water partition coefficient (Wildman–Crippen LogP) is 3.28. The van der Waals surface area contributed by atoms with Gasteiger partial charge in [-0.15, -0.1) is 0 Å². The molecule has 0 saturated carbocycles. The first-order valence-electron chi connectivity index (χ1n) is 8.21. The third-order valence-electron chi connectivity index (χ3n) is 5.39. The Morgan fingerprint density at radius 1 is 1.17 bits per heavy atom. The van der Waals surface area contributed by atoms with Gasteiger partial charge < -0.3 is 10.2 Å². The van der Waals surface area contributed by atoms with Gasteiger partial charge in [-0.05, 0) is 69.5 Å². The summed E-state index contributed by atoms with van der Waals surface area (Å²) < 4.78 is 0. The topological polar surface area (TPSA) is 15.3 Å². The Labute approximate surface area is 114 Å². The van der Waals surface area contributed by atoms with Crippen molar-refractivity contribution in [3.63, 3.8) is 0 Å². The maximum Gasteiger partial charge on any atom is 0.00500 e. The maximum atomic E-state index is 3.63. The van der Waals surface area contributed by atoms with Crippen LogP contribution in [0, 0.1) is 11.3 Å². The molecule has 0 spiro atoms. The molecule has 1 N–H and O–H groups in total. The van der Waals surface area contributed by atoms with E-state index in [1.807, 2.05) is 0 Å². The van der Waals surface area contributed by atoms with Crippen LogP contribution in [0.25, 0.3) is 0 Å². The molecule has 0 aromatic rings. The summed E-state index contributed by atoms with van der Waals surface area (Å²) in [5, 5.41) is 3.63. The smallest absolute Gasteiger partial charge is 0.00500 e. The van der Waals surface area contributed by atoms with E-state index < -0.39 is 0 Å². The molecule has 2 saturated heterocycles. The minimum Gasteiger partial charge on any atom is -0.316 e. The van der Waals surface area contributed by atoms with Crippen LogP contribution in [0.1, 0.15) is 58.8 Å². The van der Waals surface area contributed by atoms with Crippen molar-refractivity contribution in [2.24, 2.45) is 11.3 Å². The van der Waals surface area contributed by atoms with E-state index in [1.54, 1.807) is 0 Å². The Morgan fingerprint density at radius 3 is 2.72 bits per heavy atom. The van der Waals surface area contributed by atoms with E-state index in [0.29, 0.717) is 5.41 Å². The highest BCUT2D eigenvalue weighted by Gasteiger charge is 2.32. The average molecular weight is 252 g/mol. The number of piperidine rings is 1. The molecule has 0 aliphatic carbocycles. The fourth-order valence-corrected chi connectivity index (χ4v) is 3.84. The molecule has 0 amide bonds. The number of hydrogen-bond donors (Lipinski definition) is 1. The van der Waals surface area contributed by atoms with Crippen molar-refractivity contribution in [1.29, 1.82) is 0 Å². The van der Waals surface area contributed by atoms with Crippen molar-refractivity contribution < 1.29 is 0 Å². The lowest BCUT2D eigenvalue weighted by Gasteiger charge is -2.40. The molecule has 2 fully saturated rings. The molecule has 2 nitrogen and oxygen atoms in total. The molecule has 2 unspecified atom stereocenters. The molecule has 0 bridgehead atoms. The third kappa shape index (κ3) is 3.71. The van der Waals surface area contributed by atoms with Gasteiger partial charge in [0.1, 0.15) is 0 Å². The van der Waals surface area contributed by atoms with Crippen molar-refractivity contribution in [2.75, 3.05) is 32.7 Å². The van der Waals surface area contributed by atoms with E-state index in [-0.39, 0.29) is 0 Å². The van der Waals surface area contributed by atoms with Gasteiger partial charge in [0.25, 0.3) is 0 Å². The molecule has 2 rings (SSSR count). The molecule has 2 aliphatic heterocycles. The fraction of sp³-hybridized carbons (Fsp3) is 1.00. The summed E-state index contributed by atoms with van der Waals surface area (Å²) >= 11 is 0. The van der Waals surface area contributed by atoms with Crippen LogP contribution < -0.4 is 5.32 Å². The van der Waals surface area contributed by atoms with Gasteiger partial charge in [0.15, 0.2) is 0 Å². The van der Waals surface area contributed by atoms with Crippen LogP contribution in [0.4, 0.5) is 0 Å². The van der Waals surface area contributed by atoms with Gasteiger partial charge in [-0.1, -0.05) is 20.3 Å². The maximum absolute atomic E-state index is 3.63. The first-order chi connectivity index (χ1) is 8.78. The molecule has 0 aromatic heterocycles. The number of nitrogens with zero attached hydrogens (tertiary/aromatic N) is 1. The largest absolute Gasteiger partial charge is 0.316 e. The number of hydrogen-bond acceptors (Lipinski definition) is 2. The van der Waals surface area contributed by atoms with E-state index in [4.69, 9.17) is 0 Å². The minimum absolute atomic E-state index is 0.574. The Kier molecular flexibility index (Phi) is 5.50. The first-order valence-corrected chi connectivity index (χ1v) is 8.21. The highest BCUT2D eigenvalue weighted by Crippen LogP contribution is 2.32. The fourth-order valence-electron chi connectivity index (χ4n) is 3.84. The van der Waals surface area contributed by atoms with Crippen LogP contribution >= 0.6 is 0 Å². The second kappa shape index (κ2) is 6.91.